The van der Waals surface area contributed by atoms with Crippen molar-refractivity contribution < 1.29 is 0 Å². The maximum absolute atomic E-state index is 5.98. The molecular weight excluding hydrogens is 326 g/mol. The third kappa shape index (κ3) is 3.13. The van der Waals surface area contributed by atoms with E-state index in [1.165, 1.54) is 48.1 Å². The highest BCUT2D eigenvalue weighted by molar-refractivity contribution is 9.10. The first kappa shape index (κ1) is 15.3. The largest absolute Gasteiger partial charge is 0.365 e. The fraction of sp³-hybridized carbons (Fsp3) is 0.647. The summed E-state index contributed by atoms with van der Waals surface area (Å²) in [6.07, 6.45) is 4.10. The zero-order valence-corrected chi connectivity index (χ0v) is 14.6. The van der Waals surface area contributed by atoms with Gasteiger partial charge in [0.2, 0.25) is 0 Å². The Hall–Kier alpha value is -0.580. The molecule has 2 N–H and O–H groups in total. The summed E-state index contributed by atoms with van der Waals surface area (Å²) >= 11 is 3.76. The molecule has 0 radical (unpaired) electrons. The van der Waals surface area contributed by atoms with Crippen LogP contribution in [-0.4, -0.2) is 36.6 Å². The van der Waals surface area contributed by atoms with E-state index in [-0.39, 0.29) is 6.04 Å². The van der Waals surface area contributed by atoms with Gasteiger partial charge in [-0.1, -0.05) is 12.5 Å². The maximum Gasteiger partial charge on any atom is 0.0514 e. The lowest BCUT2D eigenvalue weighted by Gasteiger charge is -2.48. The Morgan fingerprint density at radius 3 is 2.81 bits per heavy atom. The third-order valence-electron chi connectivity index (χ3n) is 4.99. The number of benzene rings is 1. The lowest BCUT2D eigenvalue weighted by atomic mass is 9.96. The minimum atomic E-state index is 0.0861. The van der Waals surface area contributed by atoms with Crippen molar-refractivity contribution in [3.05, 3.63) is 28.2 Å². The van der Waals surface area contributed by atoms with Gasteiger partial charge in [-0.25, -0.2) is 0 Å². The van der Waals surface area contributed by atoms with Crippen LogP contribution in [0.5, 0.6) is 0 Å². The van der Waals surface area contributed by atoms with E-state index in [2.05, 4.69) is 50.9 Å². The molecule has 2 aliphatic rings. The molecule has 3 atom stereocenters. The molecule has 4 heteroatoms. The molecule has 0 bridgehead atoms. The Balaban J connectivity index is 1.82. The van der Waals surface area contributed by atoms with E-state index in [1.807, 2.05) is 6.92 Å². The van der Waals surface area contributed by atoms with Crippen molar-refractivity contribution in [1.29, 1.82) is 0 Å². The fourth-order valence-electron chi connectivity index (χ4n) is 3.73. The van der Waals surface area contributed by atoms with Crippen molar-refractivity contribution in [2.24, 2.45) is 5.73 Å². The molecule has 0 aliphatic carbocycles. The van der Waals surface area contributed by atoms with E-state index >= 15 is 0 Å². The second-order valence-electron chi connectivity index (χ2n) is 6.65. The highest BCUT2D eigenvalue weighted by atomic mass is 79.9. The molecule has 1 aromatic rings. The minimum Gasteiger partial charge on any atom is -0.365 e. The Morgan fingerprint density at radius 2 is 2.10 bits per heavy atom. The molecule has 3 unspecified atom stereocenters. The quantitative estimate of drug-likeness (QED) is 0.884. The van der Waals surface area contributed by atoms with E-state index in [1.54, 1.807) is 0 Å². The van der Waals surface area contributed by atoms with Gasteiger partial charge in [-0.3, -0.25) is 4.90 Å². The fourth-order valence-corrected chi connectivity index (χ4v) is 4.35. The van der Waals surface area contributed by atoms with Crippen molar-refractivity contribution in [1.82, 2.24) is 4.90 Å². The molecule has 2 heterocycles. The number of anilines is 1. The summed E-state index contributed by atoms with van der Waals surface area (Å²) in [4.78, 5) is 5.26. The van der Waals surface area contributed by atoms with Gasteiger partial charge in [0, 0.05) is 35.7 Å². The summed E-state index contributed by atoms with van der Waals surface area (Å²) in [5.74, 6) is 0. The van der Waals surface area contributed by atoms with Gasteiger partial charge in [0.05, 0.1) is 5.69 Å². The molecule has 2 saturated heterocycles. The molecule has 0 aromatic heterocycles. The summed E-state index contributed by atoms with van der Waals surface area (Å²) in [7, 11) is 0. The molecule has 2 aliphatic heterocycles. The van der Waals surface area contributed by atoms with Gasteiger partial charge in [-0.2, -0.15) is 0 Å². The van der Waals surface area contributed by atoms with Crippen LogP contribution in [-0.2, 0) is 0 Å². The zero-order valence-electron chi connectivity index (χ0n) is 13.1. The summed E-state index contributed by atoms with van der Waals surface area (Å²) in [6, 6.07) is 7.97. The highest BCUT2D eigenvalue weighted by Gasteiger charge is 2.33. The van der Waals surface area contributed by atoms with Crippen LogP contribution in [0.4, 0.5) is 5.69 Å². The topological polar surface area (TPSA) is 32.5 Å². The Morgan fingerprint density at radius 1 is 1.29 bits per heavy atom. The number of hydrogen-bond donors (Lipinski definition) is 1. The van der Waals surface area contributed by atoms with Crippen molar-refractivity contribution in [2.75, 3.05) is 24.5 Å². The standard InChI is InChI=1S/C17H26BrN3/c1-12-10-20-8-4-3-5-15(20)11-21(12)17-7-6-14(13(2)19)9-16(17)18/h6-7,9,12-13,15H,3-5,8,10-11,19H2,1-2H3. The Labute approximate surface area is 136 Å². The second-order valence-corrected chi connectivity index (χ2v) is 7.50. The Kier molecular flexibility index (Phi) is 4.57. The van der Waals surface area contributed by atoms with Crippen molar-refractivity contribution in [2.45, 2.75) is 51.2 Å². The number of piperazine rings is 1. The molecule has 21 heavy (non-hydrogen) atoms. The van der Waals surface area contributed by atoms with Crippen LogP contribution in [0.2, 0.25) is 0 Å². The average molecular weight is 352 g/mol. The maximum atomic E-state index is 5.98. The highest BCUT2D eigenvalue weighted by Crippen LogP contribution is 2.34. The van der Waals surface area contributed by atoms with Gasteiger partial charge in [0.25, 0.3) is 0 Å². The molecule has 0 spiro atoms. The van der Waals surface area contributed by atoms with Gasteiger partial charge in [0.1, 0.15) is 0 Å². The number of nitrogens with zero attached hydrogens (tertiary/aromatic N) is 2. The molecule has 0 amide bonds. The number of piperidine rings is 1. The molecule has 3 nitrogen and oxygen atoms in total. The van der Waals surface area contributed by atoms with Gasteiger partial charge in [-0.15, -0.1) is 0 Å². The average Bonchev–Trinajstić information content (AvgIpc) is 2.46. The molecule has 0 saturated carbocycles. The van der Waals surface area contributed by atoms with Crippen LogP contribution in [0.15, 0.2) is 22.7 Å². The van der Waals surface area contributed by atoms with E-state index in [9.17, 15) is 0 Å². The SMILES string of the molecule is CC(N)c1ccc(N2CC3CCCCN3CC2C)c(Br)c1. The number of halogens is 1. The van der Waals surface area contributed by atoms with E-state index in [4.69, 9.17) is 5.73 Å². The normalized spacial score (nSPS) is 28.3. The first-order valence-electron chi connectivity index (χ1n) is 8.12. The molecular formula is C17H26BrN3. The van der Waals surface area contributed by atoms with Gasteiger partial charge in [0.15, 0.2) is 0 Å². The zero-order chi connectivity index (χ0) is 15.0. The predicted molar refractivity (Wildman–Crippen MR) is 92.8 cm³/mol. The second kappa shape index (κ2) is 6.27. The van der Waals surface area contributed by atoms with E-state index < -0.39 is 0 Å². The van der Waals surface area contributed by atoms with Crippen molar-refractivity contribution >= 4 is 21.6 Å². The van der Waals surface area contributed by atoms with Crippen LogP contribution in [0, 0.1) is 0 Å². The van der Waals surface area contributed by atoms with Crippen LogP contribution in [0.1, 0.15) is 44.7 Å². The summed E-state index contributed by atoms with van der Waals surface area (Å²) in [5, 5.41) is 0. The van der Waals surface area contributed by atoms with Gasteiger partial charge >= 0.3 is 0 Å². The first-order chi connectivity index (χ1) is 10.1. The lowest BCUT2D eigenvalue weighted by Crippen LogP contribution is -2.58. The monoisotopic (exact) mass is 351 g/mol. The van der Waals surface area contributed by atoms with Crippen LogP contribution >= 0.6 is 15.9 Å². The third-order valence-corrected chi connectivity index (χ3v) is 5.63. The molecule has 2 fully saturated rings. The summed E-state index contributed by atoms with van der Waals surface area (Å²) in [6.45, 7) is 8.00. The molecule has 3 rings (SSSR count). The van der Waals surface area contributed by atoms with Crippen LogP contribution < -0.4 is 10.6 Å². The summed E-state index contributed by atoms with van der Waals surface area (Å²) in [5.41, 5.74) is 8.49. The van der Waals surface area contributed by atoms with Crippen molar-refractivity contribution in [3.63, 3.8) is 0 Å². The number of nitrogens with two attached hydrogens (primary N) is 1. The molecule has 1 aromatic carbocycles. The number of fused-ring (bicyclic) bond motifs is 1. The van der Waals surface area contributed by atoms with Crippen molar-refractivity contribution in [3.8, 4) is 0 Å². The predicted octanol–water partition coefficient (Wildman–Crippen LogP) is 3.53. The summed E-state index contributed by atoms with van der Waals surface area (Å²) < 4.78 is 1.17. The number of rotatable bonds is 2. The lowest BCUT2D eigenvalue weighted by molar-refractivity contribution is 0.115. The van der Waals surface area contributed by atoms with Gasteiger partial charge < -0.3 is 10.6 Å². The minimum absolute atomic E-state index is 0.0861. The van der Waals surface area contributed by atoms with E-state index in [0.29, 0.717) is 6.04 Å². The number of hydrogen-bond acceptors (Lipinski definition) is 3. The smallest absolute Gasteiger partial charge is 0.0514 e. The Bertz CT molecular complexity index is 503. The molecule has 116 valence electrons. The first-order valence-corrected chi connectivity index (χ1v) is 8.91. The van der Waals surface area contributed by atoms with Crippen LogP contribution in [0.3, 0.4) is 0 Å². The van der Waals surface area contributed by atoms with Gasteiger partial charge in [-0.05, 0) is 66.9 Å². The van der Waals surface area contributed by atoms with E-state index in [0.717, 1.165) is 12.6 Å². The van der Waals surface area contributed by atoms with Crippen LogP contribution in [0.25, 0.3) is 0 Å².